The third-order valence-corrected chi connectivity index (χ3v) is 3.61. The van der Waals surface area contributed by atoms with E-state index in [-0.39, 0.29) is 34.7 Å². The number of nitro groups is 1. The third-order valence-electron chi connectivity index (χ3n) is 3.29. The van der Waals surface area contributed by atoms with E-state index in [1.54, 1.807) is 20.8 Å². The van der Waals surface area contributed by atoms with Crippen molar-refractivity contribution in [1.82, 2.24) is 0 Å². The maximum absolute atomic E-state index is 14.6. The molecule has 1 aliphatic carbocycles. The van der Waals surface area contributed by atoms with E-state index >= 15 is 0 Å². The maximum Gasteiger partial charge on any atom is 0.331 e. The number of carbonyl (C=O) groups is 1. The smallest absolute Gasteiger partial charge is 0.331 e. The van der Waals surface area contributed by atoms with Crippen LogP contribution >= 0.6 is 11.6 Å². The van der Waals surface area contributed by atoms with Crippen molar-refractivity contribution >= 4 is 28.8 Å². The van der Waals surface area contributed by atoms with Crippen molar-refractivity contribution in [1.29, 1.82) is 0 Å². The van der Waals surface area contributed by atoms with Crippen LogP contribution in [0.2, 0.25) is 5.02 Å². The number of ether oxygens (including phenoxy) is 1. The first-order valence-electron chi connectivity index (χ1n) is 7.10. The van der Waals surface area contributed by atoms with Crippen LogP contribution < -0.4 is 0 Å². The Bertz CT molecular complexity index is 690. The van der Waals surface area contributed by atoms with E-state index in [9.17, 15) is 19.3 Å². The summed E-state index contributed by atoms with van der Waals surface area (Å²) in [6.07, 6.45) is 1.60. The molecule has 0 spiro atoms. The van der Waals surface area contributed by atoms with Gasteiger partial charge in [0.15, 0.2) is 0 Å². The minimum Gasteiger partial charge on any atom is -0.457 e. The van der Waals surface area contributed by atoms with Crippen LogP contribution in [0.1, 0.15) is 39.2 Å². The molecule has 5 nitrogen and oxygen atoms in total. The minimum atomic E-state index is -1.65. The summed E-state index contributed by atoms with van der Waals surface area (Å²) in [5.41, 5.74) is -2.35. The van der Waals surface area contributed by atoms with Crippen LogP contribution in [0.15, 0.2) is 24.3 Å². The molecule has 124 valence electrons. The quantitative estimate of drug-likeness (QED) is 0.350. The average molecular weight is 342 g/mol. The molecule has 0 aliphatic heterocycles. The first-order valence-corrected chi connectivity index (χ1v) is 7.48. The molecule has 0 atom stereocenters. The Morgan fingerprint density at radius 2 is 2.04 bits per heavy atom. The van der Waals surface area contributed by atoms with Gasteiger partial charge in [-0.2, -0.15) is 0 Å². The molecule has 1 fully saturated rings. The van der Waals surface area contributed by atoms with Crippen LogP contribution in [0.3, 0.4) is 0 Å². The lowest BCUT2D eigenvalue weighted by Crippen LogP contribution is -2.23. The first kappa shape index (κ1) is 17.4. The molecule has 2 rings (SSSR count). The van der Waals surface area contributed by atoms with Crippen molar-refractivity contribution in [3.8, 4) is 0 Å². The molecule has 0 heterocycles. The highest BCUT2D eigenvalue weighted by molar-refractivity contribution is 6.32. The van der Waals surface area contributed by atoms with Gasteiger partial charge in [-0.3, -0.25) is 10.1 Å². The van der Waals surface area contributed by atoms with Crippen LogP contribution in [0.5, 0.6) is 0 Å². The van der Waals surface area contributed by atoms with Gasteiger partial charge in [-0.15, -0.1) is 0 Å². The summed E-state index contributed by atoms with van der Waals surface area (Å²) in [7, 11) is 0. The number of rotatable bonds is 4. The van der Waals surface area contributed by atoms with Gasteiger partial charge >= 0.3 is 5.97 Å². The summed E-state index contributed by atoms with van der Waals surface area (Å²) < 4.78 is 19.8. The third kappa shape index (κ3) is 4.28. The minimum absolute atomic E-state index is 0.0425. The van der Waals surface area contributed by atoms with Crippen molar-refractivity contribution in [3.05, 3.63) is 45.0 Å². The molecular weight excluding hydrogens is 325 g/mol. The van der Waals surface area contributed by atoms with Crippen molar-refractivity contribution < 1.29 is 18.8 Å². The van der Waals surface area contributed by atoms with Crippen LogP contribution in [0.4, 0.5) is 10.1 Å². The number of nitro benzene ring substituents is 1. The molecule has 0 aromatic heterocycles. The van der Waals surface area contributed by atoms with E-state index in [1.807, 2.05) is 0 Å². The average Bonchev–Trinajstić information content (AvgIpc) is 3.13. The number of allylic oxidation sites excluding steroid dienone is 1. The van der Waals surface area contributed by atoms with Crippen molar-refractivity contribution in [2.45, 2.75) is 44.9 Å². The molecule has 0 amide bonds. The number of hydrogen-bond acceptors (Lipinski definition) is 4. The van der Waals surface area contributed by atoms with Crippen molar-refractivity contribution in [2.75, 3.05) is 0 Å². The van der Waals surface area contributed by atoms with Crippen LogP contribution in [0, 0.1) is 10.1 Å². The Morgan fingerprint density at radius 3 is 2.52 bits per heavy atom. The SMILES string of the molecule is CC(C)(C)OC(=O)/C=C(/c1ccc(Cl)c([N+](=O)[O-])c1)C1(F)CC1. The van der Waals surface area contributed by atoms with Gasteiger partial charge in [-0.1, -0.05) is 17.7 Å². The van der Waals surface area contributed by atoms with Crippen LogP contribution in [-0.4, -0.2) is 22.2 Å². The molecule has 0 radical (unpaired) electrons. The summed E-state index contributed by atoms with van der Waals surface area (Å²) in [6.45, 7) is 5.11. The maximum atomic E-state index is 14.6. The highest BCUT2D eigenvalue weighted by Crippen LogP contribution is 2.51. The fourth-order valence-electron chi connectivity index (χ4n) is 2.12. The number of benzene rings is 1. The molecule has 1 aromatic carbocycles. The number of hydrogen-bond donors (Lipinski definition) is 0. The second-order valence-corrected chi connectivity index (χ2v) is 6.89. The van der Waals surface area contributed by atoms with Gasteiger partial charge < -0.3 is 4.74 Å². The summed E-state index contributed by atoms with van der Waals surface area (Å²) in [5, 5.41) is 10.9. The first-order chi connectivity index (χ1) is 10.5. The van der Waals surface area contributed by atoms with Crippen LogP contribution in [0.25, 0.3) is 5.57 Å². The van der Waals surface area contributed by atoms with E-state index in [2.05, 4.69) is 0 Å². The molecule has 0 unspecified atom stereocenters. The molecule has 23 heavy (non-hydrogen) atoms. The largest absolute Gasteiger partial charge is 0.457 e. The number of esters is 1. The summed E-state index contributed by atoms with van der Waals surface area (Å²) >= 11 is 5.77. The molecule has 1 saturated carbocycles. The Labute approximate surface area is 138 Å². The van der Waals surface area contributed by atoms with Gasteiger partial charge in [0.25, 0.3) is 5.69 Å². The lowest BCUT2D eigenvalue weighted by Gasteiger charge is -2.19. The molecule has 1 aromatic rings. The summed E-state index contributed by atoms with van der Waals surface area (Å²) in [5.74, 6) is -0.686. The van der Waals surface area contributed by atoms with Gasteiger partial charge in [0, 0.05) is 17.7 Å². The van der Waals surface area contributed by atoms with Crippen LogP contribution in [-0.2, 0) is 9.53 Å². The van der Waals surface area contributed by atoms with Gasteiger partial charge in [0.1, 0.15) is 16.3 Å². The number of halogens is 2. The Kier molecular flexibility index (Phi) is 4.48. The monoisotopic (exact) mass is 341 g/mol. The lowest BCUT2D eigenvalue weighted by atomic mass is 9.98. The van der Waals surface area contributed by atoms with Crippen molar-refractivity contribution in [2.24, 2.45) is 0 Å². The van der Waals surface area contributed by atoms with Gasteiger partial charge in [-0.05, 0) is 45.2 Å². The molecule has 0 saturated heterocycles. The van der Waals surface area contributed by atoms with E-state index in [0.29, 0.717) is 0 Å². The number of alkyl halides is 1. The standard InChI is InChI=1S/C16H17ClFNO4/c1-15(2,3)23-14(20)9-11(16(18)6-7-16)10-4-5-12(17)13(8-10)19(21)22/h4-5,8-9H,6-7H2,1-3H3/b11-9-. The van der Waals surface area contributed by atoms with Gasteiger partial charge in [0.05, 0.1) is 4.92 Å². The molecule has 7 heteroatoms. The summed E-state index contributed by atoms with van der Waals surface area (Å²) in [4.78, 5) is 22.3. The van der Waals surface area contributed by atoms with E-state index in [4.69, 9.17) is 16.3 Å². The fraction of sp³-hybridized carbons (Fsp3) is 0.438. The molecular formula is C16H17ClFNO4. The Hall–Kier alpha value is -1.95. The molecule has 0 bridgehead atoms. The zero-order chi connectivity index (χ0) is 17.4. The molecule has 1 aliphatic rings. The number of carbonyl (C=O) groups excluding carboxylic acids is 1. The Morgan fingerprint density at radius 1 is 1.43 bits per heavy atom. The second-order valence-electron chi connectivity index (χ2n) is 6.48. The van der Waals surface area contributed by atoms with E-state index in [1.165, 1.54) is 18.2 Å². The zero-order valence-corrected chi connectivity index (χ0v) is 13.8. The van der Waals surface area contributed by atoms with E-state index in [0.717, 1.165) is 6.08 Å². The topological polar surface area (TPSA) is 69.4 Å². The highest BCUT2D eigenvalue weighted by Gasteiger charge is 2.48. The van der Waals surface area contributed by atoms with E-state index < -0.39 is 22.2 Å². The predicted octanol–water partition coefficient (Wildman–Crippen LogP) is 4.48. The predicted molar refractivity (Wildman–Crippen MR) is 85.0 cm³/mol. The normalized spacial score (nSPS) is 16.8. The van der Waals surface area contributed by atoms with Gasteiger partial charge in [0.2, 0.25) is 0 Å². The highest BCUT2D eigenvalue weighted by atomic mass is 35.5. The summed E-state index contributed by atoms with van der Waals surface area (Å²) in [6, 6.07) is 3.97. The van der Waals surface area contributed by atoms with Gasteiger partial charge in [-0.25, -0.2) is 9.18 Å². The Balaban J connectivity index is 2.43. The number of nitrogens with zero attached hydrogens (tertiary/aromatic N) is 1. The van der Waals surface area contributed by atoms with Crippen molar-refractivity contribution in [3.63, 3.8) is 0 Å². The fourth-order valence-corrected chi connectivity index (χ4v) is 2.31. The lowest BCUT2D eigenvalue weighted by molar-refractivity contribution is -0.384. The zero-order valence-electron chi connectivity index (χ0n) is 13.1. The second kappa shape index (κ2) is 5.92. The molecule has 0 N–H and O–H groups in total.